The van der Waals surface area contributed by atoms with Crippen molar-refractivity contribution < 1.29 is 29.6 Å². The molecule has 0 radical (unpaired) electrons. The van der Waals surface area contributed by atoms with Gasteiger partial charge in [-0.2, -0.15) is 0 Å². The molecule has 1 heterocycles. The summed E-state index contributed by atoms with van der Waals surface area (Å²) in [5.41, 5.74) is -3.08. The molecule has 0 aromatic heterocycles. The SMILES string of the molecule is O=C1O[C@H]([C@@](O)(c2cccc3ccccc23)C(Oc2cccc3ccccc23)(c2cccc3ccccc23)c2cccc3ccccc23)C(O)=C1O. The summed E-state index contributed by atoms with van der Waals surface area (Å²) in [5.74, 6) is -2.49. The molecule has 6 nitrogen and oxygen atoms in total. The van der Waals surface area contributed by atoms with Gasteiger partial charge in [0.1, 0.15) is 5.75 Å². The number of fused-ring (bicyclic) bond motifs is 4. The van der Waals surface area contributed by atoms with E-state index in [1.165, 1.54) is 0 Å². The van der Waals surface area contributed by atoms with Crippen LogP contribution in [0.15, 0.2) is 181 Å². The van der Waals surface area contributed by atoms with Crippen molar-refractivity contribution in [1.82, 2.24) is 0 Å². The van der Waals surface area contributed by atoms with Crippen LogP contribution >= 0.6 is 0 Å². The first-order valence-electron chi connectivity index (χ1n) is 17.1. The minimum Gasteiger partial charge on any atom is -0.505 e. The molecule has 0 amide bonds. The summed E-state index contributed by atoms with van der Waals surface area (Å²) in [6.07, 6.45) is -1.82. The van der Waals surface area contributed by atoms with Gasteiger partial charge in [-0.25, -0.2) is 4.79 Å². The summed E-state index contributed by atoms with van der Waals surface area (Å²) in [6.45, 7) is 0. The zero-order valence-corrected chi connectivity index (χ0v) is 27.8. The molecule has 0 saturated heterocycles. The maximum Gasteiger partial charge on any atom is 0.378 e. The highest BCUT2D eigenvalue weighted by Crippen LogP contribution is 2.57. The lowest BCUT2D eigenvalue weighted by atomic mass is 9.63. The zero-order valence-electron chi connectivity index (χ0n) is 27.8. The average molecular weight is 681 g/mol. The van der Waals surface area contributed by atoms with E-state index in [1.807, 2.05) is 164 Å². The van der Waals surface area contributed by atoms with Gasteiger partial charge >= 0.3 is 5.97 Å². The number of rotatable bonds is 7. The van der Waals surface area contributed by atoms with Crippen molar-refractivity contribution in [1.29, 1.82) is 0 Å². The van der Waals surface area contributed by atoms with Crippen molar-refractivity contribution in [3.05, 3.63) is 198 Å². The summed E-state index contributed by atoms with van der Waals surface area (Å²) in [5, 5.41) is 43.6. The molecule has 8 aromatic rings. The summed E-state index contributed by atoms with van der Waals surface area (Å²) >= 11 is 0. The predicted octanol–water partition coefficient (Wildman–Crippen LogP) is 9.76. The number of esters is 1. The molecule has 52 heavy (non-hydrogen) atoms. The summed E-state index contributed by atoms with van der Waals surface area (Å²) in [6, 6.07) is 53.9. The van der Waals surface area contributed by atoms with Gasteiger partial charge < -0.3 is 24.8 Å². The number of benzene rings is 8. The quantitative estimate of drug-likeness (QED) is 0.145. The Morgan fingerprint density at radius 1 is 0.481 bits per heavy atom. The van der Waals surface area contributed by atoms with Crippen LogP contribution in [0.5, 0.6) is 5.75 Å². The smallest absolute Gasteiger partial charge is 0.378 e. The molecular formula is C46H32O6. The van der Waals surface area contributed by atoms with Crippen LogP contribution in [0.4, 0.5) is 0 Å². The van der Waals surface area contributed by atoms with Gasteiger partial charge in [0.15, 0.2) is 17.0 Å². The van der Waals surface area contributed by atoms with Gasteiger partial charge in [-0.3, -0.25) is 0 Å². The third-order valence-corrected chi connectivity index (χ3v) is 10.4. The lowest BCUT2D eigenvalue weighted by Gasteiger charge is -2.50. The number of hydrogen-bond acceptors (Lipinski definition) is 6. The van der Waals surface area contributed by atoms with E-state index in [4.69, 9.17) is 9.47 Å². The van der Waals surface area contributed by atoms with E-state index < -0.39 is 34.8 Å². The van der Waals surface area contributed by atoms with E-state index >= 15 is 0 Å². The number of aliphatic hydroxyl groups is 3. The van der Waals surface area contributed by atoms with E-state index in [9.17, 15) is 20.1 Å². The summed E-state index contributed by atoms with van der Waals surface area (Å²) < 4.78 is 13.6. The molecule has 8 aromatic carbocycles. The van der Waals surface area contributed by atoms with Crippen LogP contribution < -0.4 is 4.74 Å². The number of cyclic esters (lactones) is 1. The first kappa shape index (κ1) is 31.4. The van der Waals surface area contributed by atoms with E-state index in [2.05, 4.69) is 0 Å². The molecule has 1 aliphatic rings. The van der Waals surface area contributed by atoms with Crippen molar-refractivity contribution in [2.45, 2.75) is 17.3 Å². The van der Waals surface area contributed by atoms with Gasteiger partial charge in [-0.1, -0.05) is 164 Å². The van der Waals surface area contributed by atoms with E-state index in [1.54, 1.807) is 6.07 Å². The summed E-state index contributed by atoms with van der Waals surface area (Å²) in [4.78, 5) is 13.3. The minimum atomic E-state index is -2.47. The maximum absolute atomic E-state index is 14.4. The van der Waals surface area contributed by atoms with Crippen LogP contribution in [-0.2, 0) is 20.7 Å². The van der Waals surface area contributed by atoms with E-state index in [0.717, 1.165) is 37.7 Å². The normalized spacial score (nSPS) is 16.0. The monoisotopic (exact) mass is 680 g/mol. The Morgan fingerprint density at radius 3 is 1.35 bits per heavy atom. The molecule has 1 aliphatic heterocycles. The lowest BCUT2D eigenvalue weighted by Crippen LogP contribution is -2.61. The molecule has 0 fully saturated rings. The van der Waals surface area contributed by atoms with Gasteiger partial charge in [0.2, 0.25) is 11.9 Å². The third-order valence-electron chi connectivity index (χ3n) is 10.4. The Kier molecular flexibility index (Phi) is 7.24. The van der Waals surface area contributed by atoms with Gasteiger partial charge in [0, 0.05) is 22.1 Å². The second kappa shape index (κ2) is 12.0. The average Bonchev–Trinajstić information content (AvgIpc) is 3.46. The topological polar surface area (TPSA) is 96.2 Å². The van der Waals surface area contributed by atoms with Crippen molar-refractivity contribution in [3.63, 3.8) is 0 Å². The number of hydrogen-bond donors (Lipinski definition) is 3. The highest BCUT2D eigenvalue weighted by atomic mass is 16.6. The Labute approximate surface area is 299 Å². The van der Waals surface area contributed by atoms with Gasteiger partial charge in [-0.05, 0) is 43.8 Å². The van der Waals surface area contributed by atoms with E-state index in [0.29, 0.717) is 27.8 Å². The van der Waals surface area contributed by atoms with Crippen molar-refractivity contribution in [2.24, 2.45) is 0 Å². The van der Waals surface area contributed by atoms with Gasteiger partial charge in [0.05, 0.1) is 0 Å². The maximum atomic E-state index is 14.4. The molecule has 0 unspecified atom stereocenters. The lowest BCUT2D eigenvalue weighted by molar-refractivity contribution is -0.193. The highest BCUT2D eigenvalue weighted by Gasteiger charge is 2.66. The Hall–Kier alpha value is -6.63. The Morgan fingerprint density at radius 2 is 0.865 bits per heavy atom. The van der Waals surface area contributed by atoms with E-state index in [-0.39, 0.29) is 0 Å². The first-order valence-corrected chi connectivity index (χ1v) is 17.1. The van der Waals surface area contributed by atoms with Crippen LogP contribution in [-0.4, -0.2) is 27.4 Å². The van der Waals surface area contributed by atoms with Crippen LogP contribution in [0.1, 0.15) is 16.7 Å². The first-order chi connectivity index (χ1) is 25.4. The predicted molar refractivity (Wildman–Crippen MR) is 203 cm³/mol. The minimum absolute atomic E-state index is 0.311. The number of ether oxygens (including phenoxy) is 2. The van der Waals surface area contributed by atoms with Crippen molar-refractivity contribution in [2.75, 3.05) is 0 Å². The molecule has 0 spiro atoms. The zero-order chi connectivity index (χ0) is 35.5. The largest absolute Gasteiger partial charge is 0.505 e. The molecule has 9 rings (SSSR count). The fourth-order valence-corrected chi connectivity index (χ4v) is 8.06. The van der Waals surface area contributed by atoms with Crippen molar-refractivity contribution in [3.8, 4) is 5.75 Å². The van der Waals surface area contributed by atoms with Crippen LogP contribution in [0, 0.1) is 0 Å². The number of carbonyl (C=O) groups is 1. The Balaban J connectivity index is 1.55. The molecule has 0 saturated carbocycles. The Bertz CT molecular complexity index is 2630. The third kappa shape index (κ3) is 4.51. The van der Waals surface area contributed by atoms with Gasteiger partial charge in [0.25, 0.3) is 0 Å². The number of aliphatic hydroxyl groups excluding tert-OH is 2. The molecule has 3 N–H and O–H groups in total. The molecule has 252 valence electrons. The fraction of sp³-hybridized carbons (Fsp3) is 0.0652. The van der Waals surface area contributed by atoms with Gasteiger partial charge in [-0.15, -0.1) is 0 Å². The molecular weight excluding hydrogens is 649 g/mol. The van der Waals surface area contributed by atoms with Crippen LogP contribution in [0.2, 0.25) is 0 Å². The second-order valence-electron chi connectivity index (χ2n) is 13.1. The molecule has 6 heteroatoms. The fourth-order valence-electron chi connectivity index (χ4n) is 8.06. The number of carbonyl (C=O) groups excluding carboxylic acids is 1. The standard InChI is InChI=1S/C46H32O6/c47-41-42(48)44(49)51-43(41)45(50,37-25-9-17-29-13-1-5-21-33(29)37)46(38-26-10-18-30-14-2-6-22-34(30)38,39-27-11-19-31-15-3-7-23-35(31)39)52-40-28-12-20-32-16-4-8-24-36(32)40/h1-28,43,47-48,50H/t43-,45-/m0/s1. The van der Waals surface area contributed by atoms with Crippen LogP contribution in [0.25, 0.3) is 43.1 Å². The molecule has 2 atom stereocenters. The molecule has 0 aliphatic carbocycles. The van der Waals surface area contributed by atoms with Crippen molar-refractivity contribution >= 4 is 49.1 Å². The van der Waals surface area contributed by atoms with Crippen LogP contribution in [0.3, 0.4) is 0 Å². The summed E-state index contributed by atoms with van der Waals surface area (Å²) in [7, 11) is 0. The second-order valence-corrected chi connectivity index (χ2v) is 13.1. The molecule has 0 bridgehead atoms. The highest BCUT2D eigenvalue weighted by molar-refractivity contribution is 5.95.